The second kappa shape index (κ2) is 9.47. The van der Waals surface area contributed by atoms with Crippen molar-refractivity contribution in [2.75, 3.05) is 14.2 Å². The number of methoxy groups -OCH3 is 2. The molecule has 0 aliphatic rings. The number of hydrogen-bond acceptors (Lipinski definition) is 8. The van der Waals surface area contributed by atoms with Crippen LogP contribution in [0.2, 0.25) is 0 Å². The number of rotatable bonds is 8. The zero-order valence-electron chi connectivity index (χ0n) is 16.7. The molecular formula is C21H22N2O5S. The van der Waals surface area contributed by atoms with Gasteiger partial charge in [-0.25, -0.2) is 0 Å². The van der Waals surface area contributed by atoms with Gasteiger partial charge in [-0.05, 0) is 38.1 Å². The Morgan fingerprint density at radius 3 is 2.59 bits per heavy atom. The quantitative estimate of drug-likeness (QED) is 0.399. The Labute approximate surface area is 173 Å². The summed E-state index contributed by atoms with van der Waals surface area (Å²) in [5, 5.41) is 3.59. The highest BCUT2D eigenvalue weighted by Gasteiger charge is 2.19. The molecule has 0 bridgehead atoms. The number of carbonyl (C=O) groups is 1. The summed E-state index contributed by atoms with van der Waals surface area (Å²) in [6.07, 6.45) is 0. The van der Waals surface area contributed by atoms with E-state index in [0.29, 0.717) is 22.9 Å². The monoisotopic (exact) mass is 414 g/mol. The molecule has 0 aliphatic heterocycles. The average molecular weight is 414 g/mol. The predicted octanol–water partition coefficient (Wildman–Crippen LogP) is 4.29. The molecule has 0 unspecified atom stereocenters. The summed E-state index contributed by atoms with van der Waals surface area (Å²) in [6.45, 7) is 3.73. The van der Waals surface area contributed by atoms with Crippen LogP contribution in [0, 0.1) is 6.92 Å². The zero-order valence-corrected chi connectivity index (χ0v) is 17.5. The molecule has 0 fully saturated rings. The lowest BCUT2D eigenvalue weighted by Gasteiger charge is -2.10. The normalized spacial score (nSPS) is 11.7. The van der Waals surface area contributed by atoms with Crippen LogP contribution in [-0.4, -0.2) is 35.6 Å². The van der Waals surface area contributed by atoms with Crippen molar-refractivity contribution < 1.29 is 23.5 Å². The summed E-state index contributed by atoms with van der Waals surface area (Å²) in [5.41, 5.74) is 1.82. The van der Waals surface area contributed by atoms with Gasteiger partial charge in [0.2, 0.25) is 5.82 Å². The van der Waals surface area contributed by atoms with E-state index in [4.69, 9.17) is 18.7 Å². The molecule has 3 aromatic rings. The molecule has 0 spiro atoms. The Balaban J connectivity index is 1.60. The summed E-state index contributed by atoms with van der Waals surface area (Å²) >= 11 is 1.44. The minimum atomic E-state index is -0.359. The molecule has 0 saturated heterocycles. The number of carbonyl (C=O) groups excluding carboxylic acids is 1. The van der Waals surface area contributed by atoms with Gasteiger partial charge < -0.3 is 18.7 Å². The maximum atomic E-state index is 12.3. The maximum Gasteiger partial charge on any atom is 0.319 e. The van der Waals surface area contributed by atoms with E-state index in [1.165, 1.54) is 17.3 Å². The van der Waals surface area contributed by atoms with Crippen molar-refractivity contribution in [3.63, 3.8) is 0 Å². The van der Waals surface area contributed by atoms with Crippen molar-refractivity contribution in [1.82, 2.24) is 10.1 Å². The van der Waals surface area contributed by atoms with Crippen LogP contribution >= 0.6 is 11.8 Å². The Kier molecular flexibility index (Phi) is 6.77. The lowest BCUT2D eigenvalue weighted by molar-refractivity contribution is -0.144. The Hall–Kier alpha value is -3.00. The number of aryl methyl sites for hydroxylation is 1. The Bertz CT molecular complexity index is 971. The van der Waals surface area contributed by atoms with E-state index < -0.39 is 0 Å². The molecule has 1 atom stereocenters. The minimum Gasteiger partial charge on any atom is -0.497 e. The molecular weight excluding hydrogens is 392 g/mol. The number of ether oxygens (including phenoxy) is 3. The van der Waals surface area contributed by atoms with Crippen LogP contribution < -0.4 is 9.47 Å². The molecule has 0 saturated carbocycles. The third-order valence-electron chi connectivity index (χ3n) is 4.12. The lowest BCUT2D eigenvalue weighted by Crippen LogP contribution is -2.16. The first-order valence-corrected chi connectivity index (χ1v) is 9.83. The molecule has 3 rings (SSSR count). The van der Waals surface area contributed by atoms with Crippen molar-refractivity contribution in [2.24, 2.45) is 0 Å². The minimum absolute atomic E-state index is 0.0941. The fourth-order valence-corrected chi connectivity index (χ4v) is 3.39. The van der Waals surface area contributed by atoms with Crippen LogP contribution in [0.25, 0.3) is 11.4 Å². The highest BCUT2D eigenvalue weighted by Crippen LogP contribution is 2.31. The summed E-state index contributed by atoms with van der Waals surface area (Å²) in [4.78, 5) is 17.6. The van der Waals surface area contributed by atoms with Gasteiger partial charge in [0.25, 0.3) is 5.89 Å². The van der Waals surface area contributed by atoms with Gasteiger partial charge in [0.1, 0.15) is 16.7 Å². The second-order valence-electron chi connectivity index (χ2n) is 6.26. The highest BCUT2D eigenvalue weighted by atomic mass is 32.2. The number of thioether (sulfide) groups is 1. The summed E-state index contributed by atoms with van der Waals surface area (Å²) in [6, 6.07) is 13.3. The highest BCUT2D eigenvalue weighted by molar-refractivity contribution is 8.00. The van der Waals surface area contributed by atoms with E-state index >= 15 is 0 Å². The van der Waals surface area contributed by atoms with Gasteiger partial charge in [-0.2, -0.15) is 4.98 Å². The molecule has 0 aliphatic carbocycles. The van der Waals surface area contributed by atoms with E-state index in [-0.39, 0.29) is 23.7 Å². The Morgan fingerprint density at radius 2 is 1.90 bits per heavy atom. The number of esters is 1. The standard InChI is InChI=1S/C21H22N2O5S/c1-13-5-8-16(9-6-13)29-14(2)21(24)27-12-19-22-20(23-28-19)17-10-7-15(25-3)11-18(17)26-4/h5-11,14H,12H2,1-4H3/t14-/m1/s1. The van der Waals surface area contributed by atoms with Crippen LogP contribution in [-0.2, 0) is 16.1 Å². The first kappa shape index (κ1) is 20.7. The largest absolute Gasteiger partial charge is 0.497 e. The molecule has 0 amide bonds. The smallest absolute Gasteiger partial charge is 0.319 e. The zero-order chi connectivity index (χ0) is 20.8. The molecule has 29 heavy (non-hydrogen) atoms. The molecule has 8 heteroatoms. The molecule has 0 N–H and O–H groups in total. The Morgan fingerprint density at radius 1 is 1.14 bits per heavy atom. The van der Waals surface area contributed by atoms with Gasteiger partial charge in [-0.3, -0.25) is 4.79 Å². The van der Waals surface area contributed by atoms with E-state index in [1.807, 2.05) is 31.2 Å². The predicted molar refractivity (Wildman–Crippen MR) is 109 cm³/mol. The number of benzene rings is 2. The van der Waals surface area contributed by atoms with Gasteiger partial charge in [0, 0.05) is 11.0 Å². The molecule has 0 radical (unpaired) electrons. The summed E-state index contributed by atoms with van der Waals surface area (Å²) in [5.74, 6) is 1.41. The van der Waals surface area contributed by atoms with Crippen molar-refractivity contribution in [1.29, 1.82) is 0 Å². The fraction of sp³-hybridized carbons (Fsp3) is 0.286. The summed E-state index contributed by atoms with van der Waals surface area (Å²) < 4.78 is 21.1. The van der Waals surface area contributed by atoms with Crippen LogP contribution in [0.1, 0.15) is 18.4 Å². The van der Waals surface area contributed by atoms with Crippen molar-refractivity contribution in [2.45, 2.75) is 30.6 Å². The lowest BCUT2D eigenvalue weighted by atomic mass is 10.2. The summed E-state index contributed by atoms with van der Waals surface area (Å²) in [7, 11) is 3.13. The SMILES string of the molecule is COc1ccc(-c2noc(COC(=O)[C@@H](C)Sc3ccc(C)cc3)n2)c(OC)c1. The van der Waals surface area contributed by atoms with E-state index in [2.05, 4.69) is 10.1 Å². The maximum absolute atomic E-state index is 12.3. The van der Waals surface area contributed by atoms with Crippen molar-refractivity contribution in [3.8, 4) is 22.9 Å². The first-order chi connectivity index (χ1) is 14.0. The van der Waals surface area contributed by atoms with Crippen molar-refractivity contribution in [3.05, 3.63) is 53.9 Å². The fourth-order valence-electron chi connectivity index (χ4n) is 2.53. The molecule has 152 valence electrons. The molecule has 7 nitrogen and oxygen atoms in total. The van der Waals surface area contributed by atoms with Crippen LogP contribution in [0.3, 0.4) is 0 Å². The van der Waals surface area contributed by atoms with Gasteiger partial charge in [-0.15, -0.1) is 11.8 Å². The van der Waals surface area contributed by atoms with E-state index in [1.54, 1.807) is 39.3 Å². The molecule has 1 heterocycles. The van der Waals surface area contributed by atoms with Crippen LogP contribution in [0.5, 0.6) is 11.5 Å². The third-order valence-corrected chi connectivity index (χ3v) is 5.21. The van der Waals surface area contributed by atoms with Crippen molar-refractivity contribution >= 4 is 17.7 Å². The van der Waals surface area contributed by atoms with Gasteiger partial charge in [0.15, 0.2) is 6.61 Å². The van der Waals surface area contributed by atoms with Gasteiger partial charge in [-0.1, -0.05) is 22.9 Å². The van der Waals surface area contributed by atoms with Gasteiger partial charge >= 0.3 is 5.97 Å². The topological polar surface area (TPSA) is 83.7 Å². The first-order valence-electron chi connectivity index (χ1n) is 8.95. The third kappa shape index (κ3) is 5.29. The van der Waals surface area contributed by atoms with Gasteiger partial charge in [0.05, 0.1) is 19.8 Å². The van der Waals surface area contributed by atoms with E-state index in [0.717, 1.165) is 4.90 Å². The van der Waals surface area contributed by atoms with Crippen LogP contribution in [0.4, 0.5) is 0 Å². The number of hydrogen-bond donors (Lipinski definition) is 0. The number of aromatic nitrogens is 2. The number of nitrogens with zero attached hydrogens (tertiary/aromatic N) is 2. The molecule has 2 aromatic carbocycles. The second-order valence-corrected chi connectivity index (χ2v) is 7.67. The molecule has 1 aromatic heterocycles. The average Bonchev–Trinajstić information content (AvgIpc) is 3.21. The van der Waals surface area contributed by atoms with E-state index in [9.17, 15) is 4.79 Å². The van der Waals surface area contributed by atoms with Crippen LogP contribution in [0.15, 0.2) is 51.9 Å².